The molecule has 1 aromatic heterocycles. The van der Waals surface area contributed by atoms with Crippen molar-refractivity contribution < 1.29 is 9.47 Å². The number of aromatic nitrogens is 1. The number of halogens is 1. The van der Waals surface area contributed by atoms with Gasteiger partial charge in [-0.15, -0.1) is 0 Å². The third kappa shape index (κ3) is 3.19. The van der Waals surface area contributed by atoms with Gasteiger partial charge in [0.1, 0.15) is 17.1 Å². The molecule has 0 radical (unpaired) electrons. The van der Waals surface area contributed by atoms with Gasteiger partial charge in [0.2, 0.25) is 0 Å². The second kappa shape index (κ2) is 5.65. The van der Waals surface area contributed by atoms with Gasteiger partial charge in [0.25, 0.3) is 0 Å². The lowest BCUT2D eigenvalue weighted by molar-refractivity contribution is -0.185. The minimum Gasteiger partial charge on any atom is -0.367 e. The van der Waals surface area contributed by atoms with Crippen LogP contribution in [0.3, 0.4) is 0 Å². The molecule has 4 nitrogen and oxygen atoms in total. The number of pyridine rings is 1. The van der Waals surface area contributed by atoms with Crippen LogP contribution >= 0.6 is 11.6 Å². The maximum absolute atomic E-state index is 6.10. The Balaban J connectivity index is 1.52. The van der Waals surface area contributed by atoms with E-state index in [0.717, 1.165) is 18.7 Å². The Morgan fingerprint density at radius 1 is 1.32 bits per heavy atom. The van der Waals surface area contributed by atoms with Gasteiger partial charge in [0.05, 0.1) is 6.61 Å². The highest BCUT2D eigenvalue weighted by Gasteiger charge is 2.41. The number of nitrogens with one attached hydrogen (secondary N) is 1. The summed E-state index contributed by atoms with van der Waals surface area (Å²) in [5.41, 5.74) is 0. The van der Waals surface area contributed by atoms with Gasteiger partial charge in [-0.3, -0.25) is 0 Å². The van der Waals surface area contributed by atoms with Crippen LogP contribution in [0.5, 0.6) is 0 Å². The molecule has 1 aliphatic heterocycles. The van der Waals surface area contributed by atoms with E-state index in [1.807, 2.05) is 12.1 Å². The SMILES string of the molecule is Clc1cccc(NCC2COC3(CCCCC3)O2)n1. The fourth-order valence-electron chi connectivity index (χ4n) is 2.79. The van der Waals surface area contributed by atoms with Crippen LogP contribution in [-0.2, 0) is 9.47 Å². The number of ether oxygens (including phenoxy) is 2. The first kappa shape index (κ1) is 13.2. The fourth-order valence-corrected chi connectivity index (χ4v) is 2.96. The van der Waals surface area contributed by atoms with E-state index >= 15 is 0 Å². The molecule has 19 heavy (non-hydrogen) atoms. The molecule has 1 N–H and O–H groups in total. The van der Waals surface area contributed by atoms with E-state index in [9.17, 15) is 0 Å². The first-order valence-corrected chi connectivity index (χ1v) is 7.32. The number of hydrogen-bond donors (Lipinski definition) is 1. The van der Waals surface area contributed by atoms with Gasteiger partial charge < -0.3 is 14.8 Å². The first-order chi connectivity index (χ1) is 9.26. The van der Waals surface area contributed by atoms with E-state index in [0.29, 0.717) is 18.3 Å². The first-order valence-electron chi connectivity index (χ1n) is 6.94. The fraction of sp³-hybridized carbons (Fsp3) is 0.643. The van der Waals surface area contributed by atoms with Crippen molar-refractivity contribution in [2.45, 2.75) is 44.0 Å². The quantitative estimate of drug-likeness (QED) is 0.865. The van der Waals surface area contributed by atoms with E-state index in [4.69, 9.17) is 21.1 Å². The van der Waals surface area contributed by atoms with E-state index in [1.165, 1.54) is 19.3 Å². The zero-order valence-electron chi connectivity index (χ0n) is 10.9. The summed E-state index contributed by atoms with van der Waals surface area (Å²) in [7, 11) is 0. The molecule has 2 fully saturated rings. The van der Waals surface area contributed by atoms with Gasteiger partial charge in [-0.2, -0.15) is 0 Å². The predicted molar refractivity (Wildman–Crippen MR) is 74.4 cm³/mol. The number of hydrogen-bond acceptors (Lipinski definition) is 4. The summed E-state index contributed by atoms with van der Waals surface area (Å²) in [6.45, 7) is 1.36. The highest BCUT2D eigenvalue weighted by molar-refractivity contribution is 6.29. The van der Waals surface area contributed by atoms with Crippen molar-refractivity contribution in [3.05, 3.63) is 23.4 Å². The molecule has 1 saturated carbocycles. The third-order valence-corrected chi connectivity index (χ3v) is 3.97. The predicted octanol–water partition coefficient (Wildman–Crippen LogP) is 3.22. The lowest BCUT2D eigenvalue weighted by atomic mass is 9.94. The molecule has 5 heteroatoms. The zero-order chi connectivity index (χ0) is 13.1. The van der Waals surface area contributed by atoms with Gasteiger partial charge in [-0.1, -0.05) is 24.1 Å². The van der Waals surface area contributed by atoms with Crippen molar-refractivity contribution >= 4 is 17.4 Å². The van der Waals surface area contributed by atoms with Crippen LogP contribution in [0.25, 0.3) is 0 Å². The second-order valence-corrected chi connectivity index (χ2v) is 5.64. The summed E-state index contributed by atoms with van der Waals surface area (Å²) in [4.78, 5) is 4.20. The van der Waals surface area contributed by atoms with E-state index in [2.05, 4.69) is 10.3 Å². The summed E-state index contributed by atoms with van der Waals surface area (Å²) in [6, 6.07) is 5.54. The monoisotopic (exact) mass is 282 g/mol. The van der Waals surface area contributed by atoms with Crippen molar-refractivity contribution in [2.75, 3.05) is 18.5 Å². The van der Waals surface area contributed by atoms with Gasteiger partial charge in [0.15, 0.2) is 5.79 Å². The minimum atomic E-state index is -0.299. The largest absolute Gasteiger partial charge is 0.367 e. The lowest BCUT2D eigenvalue weighted by Gasteiger charge is -2.31. The second-order valence-electron chi connectivity index (χ2n) is 5.25. The molecule has 104 valence electrons. The standard InChI is InChI=1S/C14H19ClN2O2/c15-12-5-4-6-13(17-12)16-9-11-10-18-14(19-11)7-2-1-3-8-14/h4-6,11H,1-3,7-10H2,(H,16,17). The lowest BCUT2D eigenvalue weighted by Crippen LogP contribution is -2.34. The summed E-state index contributed by atoms with van der Waals surface area (Å²) in [6.07, 6.45) is 5.85. The van der Waals surface area contributed by atoms with Crippen molar-refractivity contribution in [1.29, 1.82) is 0 Å². The molecule has 2 heterocycles. The molecule has 2 aliphatic rings. The van der Waals surface area contributed by atoms with Gasteiger partial charge >= 0.3 is 0 Å². The zero-order valence-corrected chi connectivity index (χ0v) is 11.7. The molecular formula is C14H19ClN2O2. The molecule has 0 amide bonds. The molecule has 1 aromatic rings. The molecule has 3 rings (SSSR count). The van der Waals surface area contributed by atoms with Crippen molar-refractivity contribution in [1.82, 2.24) is 4.98 Å². The van der Waals surface area contributed by atoms with Gasteiger partial charge in [0, 0.05) is 19.4 Å². The van der Waals surface area contributed by atoms with Gasteiger partial charge in [-0.25, -0.2) is 4.98 Å². The van der Waals surface area contributed by atoms with Crippen LogP contribution in [0.4, 0.5) is 5.82 Å². The van der Waals surface area contributed by atoms with E-state index < -0.39 is 0 Å². The third-order valence-electron chi connectivity index (χ3n) is 3.76. The topological polar surface area (TPSA) is 43.4 Å². The molecule has 1 spiro atoms. The molecule has 1 saturated heterocycles. The average molecular weight is 283 g/mol. The summed E-state index contributed by atoms with van der Waals surface area (Å²) in [5, 5.41) is 3.75. The van der Waals surface area contributed by atoms with E-state index in [-0.39, 0.29) is 11.9 Å². The Kier molecular flexibility index (Phi) is 3.91. The Morgan fingerprint density at radius 3 is 2.95 bits per heavy atom. The number of rotatable bonds is 3. The summed E-state index contributed by atoms with van der Waals surface area (Å²) in [5.74, 6) is 0.479. The smallest absolute Gasteiger partial charge is 0.168 e. The highest BCUT2D eigenvalue weighted by atomic mass is 35.5. The van der Waals surface area contributed by atoms with Crippen LogP contribution in [-0.4, -0.2) is 30.0 Å². The van der Waals surface area contributed by atoms with Crippen LogP contribution in [0.2, 0.25) is 5.15 Å². The highest BCUT2D eigenvalue weighted by Crippen LogP contribution is 2.37. The normalized spacial score (nSPS) is 25.6. The van der Waals surface area contributed by atoms with Crippen molar-refractivity contribution in [3.8, 4) is 0 Å². The maximum Gasteiger partial charge on any atom is 0.168 e. The molecule has 1 atom stereocenters. The molecule has 0 bridgehead atoms. The van der Waals surface area contributed by atoms with Gasteiger partial charge in [-0.05, 0) is 25.0 Å². The molecule has 1 unspecified atom stereocenters. The van der Waals surface area contributed by atoms with E-state index in [1.54, 1.807) is 6.07 Å². The van der Waals surface area contributed by atoms with Crippen LogP contribution < -0.4 is 5.32 Å². The molecular weight excluding hydrogens is 264 g/mol. The number of anilines is 1. The Morgan fingerprint density at radius 2 is 2.16 bits per heavy atom. The number of nitrogens with zero attached hydrogens (tertiary/aromatic N) is 1. The van der Waals surface area contributed by atoms with Crippen LogP contribution in [0.1, 0.15) is 32.1 Å². The van der Waals surface area contributed by atoms with Crippen molar-refractivity contribution in [2.24, 2.45) is 0 Å². The van der Waals surface area contributed by atoms with Crippen molar-refractivity contribution in [3.63, 3.8) is 0 Å². The van der Waals surface area contributed by atoms with Crippen LogP contribution in [0, 0.1) is 0 Å². The maximum atomic E-state index is 6.10. The van der Waals surface area contributed by atoms with Crippen LogP contribution in [0.15, 0.2) is 18.2 Å². The Labute approximate surface area is 118 Å². The molecule has 1 aliphatic carbocycles. The average Bonchev–Trinajstić information content (AvgIpc) is 2.80. The Bertz CT molecular complexity index is 435. The Hall–Kier alpha value is -0.840. The molecule has 0 aromatic carbocycles. The minimum absolute atomic E-state index is 0.0962. The summed E-state index contributed by atoms with van der Waals surface area (Å²) >= 11 is 5.85. The summed E-state index contributed by atoms with van der Waals surface area (Å²) < 4.78 is 12.0.